The van der Waals surface area contributed by atoms with Crippen LogP contribution >= 0.6 is 11.3 Å². The molecule has 0 bridgehead atoms. The number of fused-ring (bicyclic) bond motifs is 1. The molecule has 1 amide bonds. The van der Waals surface area contributed by atoms with Crippen LogP contribution in [0.15, 0.2) is 48.1 Å². The molecule has 4 aromatic heterocycles. The number of aromatic nitrogens is 4. The van der Waals surface area contributed by atoms with Crippen LogP contribution in [-0.4, -0.2) is 81.9 Å². The van der Waals surface area contributed by atoms with Crippen molar-refractivity contribution in [2.45, 2.75) is 39.8 Å². The zero-order chi connectivity index (χ0) is 26.6. The van der Waals surface area contributed by atoms with Crippen molar-refractivity contribution in [3.05, 3.63) is 53.7 Å². The van der Waals surface area contributed by atoms with Gasteiger partial charge in [0.15, 0.2) is 5.65 Å². The van der Waals surface area contributed by atoms with E-state index in [1.807, 2.05) is 42.8 Å². The van der Waals surface area contributed by atoms with Gasteiger partial charge in [0.2, 0.25) is 0 Å². The second-order valence-electron chi connectivity index (χ2n) is 9.48. The highest BCUT2D eigenvalue weighted by atomic mass is 32.1. The summed E-state index contributed by atoms with van der Waals surface area (Å²) in [5, 5.41) is 9.68. The number of anilines is 1. The van der Waals surface area contributed by atoms with Gasteiger partial charge in [-0.15, -0.1) is 11.3 Å². The minimum absolute atomic E-state index is 0.112. The van der Waals surface area contributed by atoms with Crippen LogP contribution in [-0.2, 0) is 4.74 Å². The molecule has 5 rings (SSSR count). The molecule has 4 aromatic rings. The Morgan fingerprint density at radius 2 is 2.00 bits per heavy atom. The maximum absolute atomic E-state index is 13.4. The van der Waals surface area contributed by atoms with Gasteiger partial charge in [0.1, 0.15) is 5.82 Å². The van der Waals surface area contributed by atoms with Gasteiger partial charge in [0.25, 0.3) is 5.91 Å². The molecule has 38 heavy (non-hydrogen) atoms. The number of carbonyl (C=O) groups is 1. The van der Waals surface area contributed by atoms with E-state index < -0.39 is 0 Å². The van der Waals surface area contributed by atoms with Gasteiger partial charge in [-0.3, -0.25) is 9.69 Å². The van der Waals surface area contributed by atoms with E-state index >= 15 is 0 Å². The number of carbonyl (C=O) groups excluding carboxylic acids is 1. The number of ether oxygens (including phenoxy) is 1. The molecule has 1 aliphatic rings. The molecule has 0 aromatic carbocycles. The van der Waals surface area contributed by atoms with Crippen molar-refractivity contribution < 1.29 is 9.53 Å². The molecule has 9 nitrogen and oxygen atoms in total. The summed E-state index contributed by atoms with van der Waals surface area (Å²) >= 11 is 1.65. The molecule has 1 fully saturated rings. The molecular formula is C28H35N7O2S. The standard InChI is InChI=1S/C28H35N7O2S/c1-5-33(6-2)19(4)15-29-28(36)20-13-24(31-26(14-20)34-17-21(18-34)37-7-3)22-16-30-35-11-10-23(32-27(22)35)25-9-8-12-38-25/h8-14,16,19,21H,5-7,15,17-18H2,1-4H3,(H,29,36)/t19-/m0/s1. The molecular weight excluding hydrogens is 498 g/mol. The van der Waals surface area contributed by atoms with Crippen molar-refractivity contribution in [3.8, 4) is 21.8 Å². The van der Waals surface area contributed by atoms with Crippen molar-refractivity contribution in [1.82, 2.24) is 29.8 Å². The summed E-state index contributed by atoms with van der Waals surface area (Å²) in [6.07, 6.45) is 3.87. The Labute approximate surface area is 227 Å². The van der Waals surface area contributed by atoms with E-state index in [0.29, 0.717) is 30.1 Å². The Hall–Kier alpha value is -3.34. The quantitative estimate of drug-likeness (QED) is 0.309. The van der Waals surface area contributed by atoms with E-state index in [0.717, 1.165) is 48.1 Å². The van der Waals surface area contributed by atoms with E-state index in [1.54, 1.807) is 22.0 Å². The summed E-state index contributed by atoms with van der Waals surface area (Å²) in [6.45, 7) is 13.1. The Morgan fingerprint density at radius 1 is 1.18 bits per heavy atom. The van der Waals surface area contributed by atoms with E-state index in [-0.39, 0.29) is 18.1 Å². The Morgan fingerprint density at radius 3 is 2.71 bits per heavy atom. The van der Waals surface area contributed by atoms with Crippen LogP contribution in [0.2, 0.25) is 0 Å². The molecule has 1 N–H and O–H groups in total. The smallest absolute Gasteiger partial charge is 0.251 e. The first-order chi connectivity index (χ1) is 18.5. The molecule has 1 atom stereocenters. The Kier molecular flexibility index (Phi) is 8.01. The summed E-state index contributed by atoms with van der Waals surface area (Å²) in [5.41, 5.74) is 3.63. The average Bonchev–Trinajstić information content (AvgIpc) is 3.59. The first kappa shape index (κ1) is 26.3. The third-order valence-corrected chi connectivity index (χ3v) is 7.95. The molecule has 0 spiro atoms. The second-order valence-corrected chi connectivity index (χ2v) is 10.4. The predicted molar refractivity (Wildman–Crippen MR) is 152 cm³/mol. The van der Waals surface area contributed by atoms with E-state index in [4.69, 9.17) is 14.7 Å². The number of rotatable bonds is 11. The fourth-order valence-electron chi connectivity index (χ4n) is 4.84. The molecule has 0 aliphatic carbocycles. The first-order valence-corrected chi connectivity index (χ1v) is 14.2. The van der Waals surface area contributed by atoms with Crippen LogP contribution in [0.4, 0.5) is 5.82 Å². The van der Waals surface area contributed by atoms with E-state index in [2.05, 4.69) is 47.1 Å². The van der Waals surface area contributed by atoms with Gasteiger partial charge < -0.3 is 15.0 Å². The number of nitrogens with zero attached hydrogens (tertiary/aromatic N) is 6. The van der Waals surface area contributed by atoms with Gasteiger partial charge in [-0.2, -0.15) is 5.10 Å². The summed E-state index contributed by atoms with van der Waals surface area (Å²) in [5.74, 6) is 0.647. The summed E-state index contributed by atoms with van der Waals surface area (Å²) in [7, 11) is 0. The zero-order valence-electron chi connectivity index (χ0n) is 22.4. The number of amides is 1. The lowest BCUT2D eigenvalue weighted by atomic mass is 10.1. The highest BCUT2D eigenvalue weighted by molar-refractivity contribution is 7.13. The monoisotopic (exact) mass is 533 g/mol. The number of likely N-dealkylation sites (N-methyl/N-ethyl adjacent to an activating group) is 1. The molecule has 0 radical (unpaired) electrons. The number of hydrogen-bond donors (Lipinski definition) is 1. The normalized spacial score (nSPS) is 14.7. The van der Waals surface area contributed by atoms with Gasteiger partial charge in [0, 0.05) is 44.0 Å². The molecule has 5 heterocycles. The summed E-state index contributed by atoms with van der Waals surface area (Å²) in [6, 6.07) is 10.00. The lowest BCUT2D eigenvalue weighted by molar-refractivity contribution is 0.0427. The lowest BCUT2D eigenvalue weighted by Gasteiger charge is -2.39. The lowest BCUT2D eigenvalue weighted by Crippen LogP contribution is -2.52. The van der Waals surface area contributed by atoms with Gasteiger partial charge in [0.05, 0.1) is 34.1 Å². The van der Waals surface area contributed by atoms with Gasteiger partial charge >= 0.3 is 0 Å². The van der Waals surface area contributed by atoms with Gasteiger partial charge in [-0.1, -0.05) is 19.9 Å². The highest BCUT2D eigenvalue weighted by Gasteiger charge is 2.29. The van der Waals surface area contributed by atoms with E-state index in [9.17, 15) is 4.79 Å². The van der Waals surface area contributed by atoms with Gasteiger partial charge in [-0.25, -0.2) is 14.5 Å². The zero-order valence-corrected chi connectivity index (χ0v) is 23.2. The Balaban J connectivity index is 1.48. The fourth-order valence-corrected chi connectivity index (χ4v) is 5.54. The number of nitrogens with one attached hydrogen (secondary N) is 1. The minimum Gasteiger partial charge on any atom is -0.375 e. The second kappa shape index (κ2) is 11.6. The molecule has 1 saturated heterocycles. The largest absolute Gasteiger partial charge is 0.375 e. The molecule has 1 aliphatic heterocycles. The molecule has 0 unspecified atom stereocenters. The molecule has 200 valence electrons. The third-order valence-electron chi connectivity index (χ3n) is 7.06. The molecule has 10 heteroatoms. The Bertz CT molecular complexity index is 1380. The molecule has 0 saturated carbocycles. The summed E-state index contributed by atoms with van der Waals surface area (Å²) in [4.78, 5) is 28.8. The number of hydrogen-bond acceptors (Lipinski definition) is 8. The van der Waals surface area contributed by atoms with Crippen LogP contribution in [0.5, 0.6) is 0 Å². The highest BCUT2D eigenvalue weighted by Crippen LogP contribution is 2.30. The topological polar surface area (TPSA) is 87.9 Å². The minimum atomic E-state index is -0.112. The summed E-state index contributed by atoms with van der Waals surface area (Å²) < 4.78 is 7.50. The van der Waals surface area contributed by atoms with E-state index in [1.165, 1.54) is 0 Å². The van der Waals surface area contributed by atoms with Crippen molar-refractivity contribution in [1.29, 1.82) is 0 Å². The van der Waals surface area contributed by atoms with Crippen LogP contribution in [0.1, 0.15) is 38.1 Å². The maximum Gasteiger partial charge on any atom is 0.251 e. The van der Waals surface area contributed by atoms with Crippen molar-refractivity contribution >= 4 is 28.7 Å². The maximum atomic E-state index is 13.4. The average molecular weight is 534 g/mol. The van der Waals surface area contributed by atoms with Crippen molar-refractivity contribution in [2.75, 3.05) is 44.2 Å². The van der Waals surface area contributed by atoms with Crippen molar-refractivity contribution in [3.63, 3.8) is 0 Å². The van der Waals surface area contributed by atoms with Crippen molar-refractivity contribution in [2.24, 2.45) is 0 Å². The van der Waals surface area contributed by atoms with Crippen LogP contribution in [0.3, 0.4) is 0 Å². The van der Waals surface area contributed by atoms with Crippen LogP contribution < -0.4 is 10.2 Å². The number of pyridine rings is 1. The van der Waals surface area contributed by atoms with Crippen LogP contribution in [0, 0.1) is 0 Å². The number of thiophene rings is 1. The SMILES string of the molecule is CCOC1CN(c2cc(C(=O)NC[C@H](C)N(CC)CC)cc(-c3cnn4ccc(-c5cccs5)nc34)n2)C1. The fraction of sp³-hybridized carbons (Fsp3) is 0.429. The van der Waals surface area contributed by atoms with Crippen LogP contribution in [0.25, 0.3) is 27.5 Å². The first-order valence-electron chi connectivity index (χ1n) is 13.3. The predicted octanol–water partition coefficient (Wildman–Crippen LogP) is 4.21. The van der Waals surface area contributed by atoms with Gasteiger partial charge in [-0.05, 0) is 56.6 Å². The third kappa shape index (κ3) is 5.43.